The maximum Gasteiger partial charge on any atom is 0.122 e. The number of hydrogen-bond acceptors (Lipinski definition) is 3. The van der Waals surface area contributed by atoms with Gasteiger partial charge in [0.05, 0.1) is 14.2 Å². The molecule has 0 aliphatic rings. The van der Waals surface area contributed by atoms with Crippen LogP contribution in [0.15, 0.2) is 18.2 Å². The molecule has 0 heterocycles. The standard InChI is InChI=1S/C15H25NO2/c1-12(2)11-16-7-5-6-13-8-14(17-3)10-15(9-13)18-4/h8-10,12,16H,5-7,11H2,1-4H3. The van der Waals surface area contributed by atoms with Gasteiger partial charge in [-0.25, -0.2) is 0 Å². The van der Waals surface area contributed by atoms with Crippen LogP contribution in [-0.2, 0) is 6.42 Å². The summed E-state index contributed by atoms with van der Waals surface area (Å²) in [6, 6.07) is 6.05. The van der Waals surface area contributed by atoms with Gasteiger partial charge in [-0.05, 0) is 49.5 Å². The second-order valence-corrected chi connectivity index (χ2v) is 4.92. The number of ether oxygens (including phenoxy) is 2. The third kappa shape index (κ3) is 5.41. The highest BCUT2D eigenvalue weighted by atomic mass is 16.5. The Labute approximate surface area is 110 Å². The molecular formula is C15H25NO2. The molecule has 0 amide bonds. The highest BCUT2D eigenvalue weighted by Crippen LogP contribution is 2.23. The lowest BCUT2D eigenvalue weighted by atomic mass is 10.1. The van der Waals surface area contributed by atoms with E-state index in [1.54, 1.807) is 14.2 Å². The van der Waals surface area contributed by atoms with E-state index in [2.05, 4.69) is 31.3 Å². The topological polar surface area (TPSA) is 30.5 Å². The first-order valence-corrected chi connectivity index (χ1v) is 6.58. The molecule has 0 fully saturated rings. The lowest BCUT2D eigenvalue weighted by molar-refractivity contribution is 0.393. The molecule has 0 saturated carbocycles. The van der Waals surface area contributed by atoms with Gasteiger partial charge in [-0.15, -0.1) is 0 Å². The molecule has 1 N–H and O–H groups in total. The van der Waals surface area contributed by atoms with Gasteiger partial charge in [0.25, 0.3) is 0 Å². The van der Waals surface area contributed by atoms with Crippen molar-refractivity contribution in [1.29, 1.82) is 0 Å². The summed E-state index contributed by atoms with van der Waals surface area (Å²) in [5.74, 6) is 2.43. The van der Waals surface area contributed by atoms with Gasteiger partial charge in [-0.2, -0.15) is 0 Å². The smallest absolute Gasteiger partial charge is 0.122 e. The molecule has 3 heteroatoms. The van der Waals surface area contributed by atoms with E-state index >= 15 is 0 Å². The van der Waals surface area contributed by atoms with Crippen LogP contribution in [0.1, 0.15) is 25.8 Å². The van der Waals surface area contributed by atoms with Gasteiger partial charge in [-0.1, -0.05) is 13.8 Å². The molecule has 0 unspecified atom stereocenters. The van der Waals surface area contributed by atoms with Crippen molar-refractivity contribution in [1.82, 2.24) is 5.32 Å². The Balaban J connectivity index is 2.41. The Morgan fingerprint density at radius 1 is 1.06 bits per heavy atom. The Morgan fingerprint density at radius 3 is 2.17 bits per heavy atom. The van der Waals surface area contributed by atoms with Crippen molar-refractivity contribution >= 4 is 0 Å². The highest BCUT2D eigenvalue weighted by Gasteiger charge is 2.02. The Bertz CT molecular complexity index is 328. The summed E-state index contributed by atoms with van der Waals surface area (Å²) < 4.78 is 10.5. The fraction of sp³-hybridized carbons (Fsp3) is 0.600. The molecule has 1 rings (SSSR count). The van der Waals surface area contributed by atoms with Crippen molar-refractivity contribution in [3.8, 4) is 11.5 Å². The quantitative estimate of drug-likeness (QED) is 0.721. The third-order valence-electron chi connectivity index (χ3n) is 2.78. The monoisotopic (exact) mass is 251 g/mol. The predicted octanol–water partition coefficient (Wildman–Crippen LogP) is 2.88. The van der Waals surface area contributed by atoms with Gasteiger partial charge >= 0.3 is 0 Å². The number of rotatable bonds is 8. The molecular weight excluding hydrogens is 226 g/mol. The van der Waals surface area contributed by atoms with Crippen molar-refractivity contribution in [2.24, 2.45) is 5.92 Å². The summed E-state index contributed by atoms with van der Waals surface area (Å²) >= 11 is 0. The van der Waals surface area contributed by atoms with Crippen molar-refractivity contribution in [2.75, 3.05) is 27.3 Å². The van der Waals surface area contributed by atoms with Crippen LogP contribution >= 0.6 is 0 Å². The maximum atomic E-state index is 5.26. The molecule has 18 heavy (non-hydrogen) atoms. The molecule has 0 radical (unpaired) electrons. The number of nitrogens with one attached hydrogen (secondary N) is 1. The molecule has 0 aromatic heterocycles. The maximum absolute atomic E-state index is 5.26. The molecule has 0 spiro atoms. The molecule has 0 aliphatic carbocycles. The van der Waals surface area contributed by atoms with Crippen LogP contribution in [0.25, 0.3) is 0 Å². The van der Waals surface area contributed by atoms with E-state index in [-0.39, 0.29) is 0 Å². The minimum Gasteiger partial charge on any atom is -0.497 e. The Kier molecular flexibility index (Phi) is 6.58. The van der Waals surface area contributed by atoms with Crippen molar-refractivity contribution in [2.45, 2.75) is 26.7 Å². The van der Waals surface area contributed by atoms with E-state index in [1.165, 1.54) is 5.56 Å². The number of hydrogen-bond donors (Lipinski definition) is 1. The van der Waals surface area contributed by atoms with E-state index in [1.807, 2.05) is 6.07 Å². The van der Waals surface area contributed by atoms with Gasteiger partial charge in [0.1, 0.15) is 11.5 Å². The highest BCUT2D eigenvalue weighted by molar-refractivity contribution is 5.38. The SMILES string of the molecule is COc1cc(CCCNCC(C)C)cc(OC)c1. The molecule has 3 nitrogen and oxygen atoms in total. The zero-order valence-electron chi connectivity index (χ0n) is 12.0. The third-order valence-corrected chi connectivity index (χ3v) is 2.78. The summed E-state index contributed by atoms with van der Waals surface area (Å²) in [4.78, 5) is 0. The summed E-state index contributed by atoms with van der Waals surface area (Å²) in [6.07, 6.45) is 2.17. The van der Waals surface area contributed by atoms with Crippen molar-refractivity contribution < 1.29 is 9.47 Å². The van der Waals surface area contributed by atoms with Crippen molar-refractivity contribution in [3.63, 3.8) is 0 Å². The first kappa shape index (κ1) is 14.8. The molecule has 0 bridgehead atoms. The molecule has 1 aromatic carbocycles. The summed E-state index contributed by atoms with van der Waals surface area (Å²) in [5.41, 5.74) is 1.26. The fourth-order valence-electron chi connectivity index (χ4n) is 1.82. The molecule has 0 atom stereocenters. The van der Waals surface area contributed by atoms with E-state index < -0.39 is 0 Å². The zero-order valence-corrected chi connectivity index (χ0v) is 12.0. The van der Waals surface area contributed by atoms with Gasteiger partial charge in [0, 0.05) is 6.07 Å². The Hall–Kier alpha value is -1.22. The normalized spacial score (nSPS) is 10.7. The van der Waals surface area contributed by atoms with Crippen LogP contribution in [0.3, 0.4) is 0 Å². The number of methoxy groups -OCH3 is 2. The minimum atomic E-state index is 0.710. The van der Waals surface area contributed by atoms with Crippen LogP contribution in [0.4, 0.5) is 0 Å². The van der Waals surface area contributed by atoms with Gasteiger partial charge in [0.2, 0.25) is 0 Å². The first-order chi connectivity index (χ1) is 8.65. The predicted molar refractivity (Wildman–Crippen MR) is 75.6 cm³/mol. The fourth-order valence-corrected chi connectivity index (χ4v) is 1.82. The molecule has 0 saturated heterocycles. The lowest BCUT2D eigenvalue weighted by Gasteiger charge is -2.09. The van der Waals surface area contributed by atoms with E-state index in [0.717, 1.165) is 37.4 Å². The van der Waals surface area contributed by atoms with E-state index in [9.17, 15) is 0 Å². The lowest BCUT2D eigenvalue weighted by Crippen LogP contribution is -2.21. The van der Waals surface area contributed by atoms with Crippen molar-refractivity contribution in [3.05, 3.63) is 23.8 Å². The van der Waals surface area contributed by atoms with Gasteiger partial charge < -0.3 is 14.8 Å². The van der Waals surface area contributed by atoms with Crippen LogP contribution in [0, 0.1) is 5.92 Å². The average molecular weight is 251 g/mol. The first-order valence-electron chi connectivity index (χ1n) is 6.58. The largest absolute Gasteiger partial charge is 0.497 e. The zero-order chi connectivity index (χ0) is 13.4. The van der Waals surface area contributed by atoms with Crippen LogP contribution < -0.4 is 14.8 Å². The second kappa shape index (κ2) is 7.98. The van der Waals surface area contributed by atoms with Gasteiger partial charge in [-0.3, -0.25) is 0 Å². The second-order valence-electron chi connectivity index (χ2n) is 4.92. The van der Waals surface area contributed by atoms with E-state index in [0.29, 0.717) is 5.92 Å². The van der Waals surface area contributed by atoms with Gasteiger partial charge in [0.15, 0.2) is 0 Å². The van der Waals surface area contributed by atoms with Crippen LogP contribution in [-0.4, -0.2) is 27.3 Å². The van der Waals surface area contributed by atoms with E-state index in [4.69, 9.17) is 9.47 Å². The summed E-state index contributed by atoms with van der Waals surface area (Å²) in [6.45, 7) is 6.58. The van der Waals surface area contributed by atoms with Crippen LogP contribution in [0.5, 0.6) is 11.5 Å². The number of aryl methyl sites for hydroxylation is 1. The number of benzene rings is 1. The van der Waals surface area contributed by atoms with Crippen LogP contribution in [0.2, 0.25) is 0 Å². The summed E-state index contributed by atoms with van der Waals surface area (Å²) in [7, 11) is 3.37. The summed E-state index contributed by atoms with van der Waals surface area (Å²) in [5, 5.41) is 3.45. The molecule has 0 aliphatic heterocycles. The molecule has 102 valence electrons. The minimum absolute atomic E-state index is 0.710. The Morgan fingerprint density at radius 2 is 1.67 bits per heavy atom. The molecule has 1 aromatic rings. The average Bonchev–Trinajstić information content (AvgIpc) is 2.37.